The molecular weight excluding hydrogens is 364 g/mol. The van der Waals surface area contributed by atoms with Gasteiger partial charge in [-0.25, -0.2) is 15.1 Å². The maximum Gasteiger partial charge on any atom is 0.339 e. The molecule has 1 aliphatic carbocycles. The molecule has 7 N–H and O–H groups in total. The number of nitrogens with one attached hydrogen (secondary N) is 1. The van der Waals surface area contributed by atoms with Crippen molar-refractivity contribution in [1.29, 1.82) is 0 Å². The number of nitrogens with two attached hydrogens (primary N) is 2. The summed E-state index contributed by atoms with van der Waals surface area (Å²) in [5.74, 6) is 1.52. The van der Waals surface area contributed by atoms with Crippen LogP contribution in [-0.2, 0) is 0 Å². The van der Waals surface area contributed by atoms with Crippen LogP contribution in [0.15, 0.2) is 60.7 Å². The Kier molecular flexibility index (Phi) is 7.37. The lowest BCUT2D eigenvalue weighted by Crippen LogP contribution is -2.39. The molecule has 28 heavy (non-hydrogen) atoms. The largest absolute Gasteiger partial charge is 0.457 e. The summed E-state index contributed by atoms with van der Waals surface area (Å²) in [6, 6.07) is 15.2. The number of rotatable bonds is 4. The molecule has 2 aromatic carbocycles. The van der Waals surface area contributed by atoms with Gasteiger partial charge in [0, 0.05) is 0 Å². The van der Waals surface area contributed by atoms with E-state index < -0.39 is 12.1 Å². The molecule has 0 radical (unpaired) electrons. The first-order valence-corrected chi connectivity index (χ1v) is 8.42. The van der Waals surface area contributed by atoms with E-state index in [1.54, 1.807) is 0 Å². The summed E-state index contributed by atoms with van der Waals surface area (Å²) in [5.41, 5.74) is 12.6. The van der Waals surface area contributed by atoms with Gasteiger partial charge in [0.1, 0.15) is 11.5 Å². The highest BCUT2D eigenvalue weighted by molar-refractivity contribution is 5.74. The molecule has 0 saturated carbocycles. The first-order valence-electron chi connectivity index (χ1n) is 8.42. The van der Waals surface area contributed by atoms with Crippen LogP contribution in [0, 0.1) is 0 Å². The van der Waals surface area contributed by atoms with Gasteiger partial charge in [0.15, 0.2) is 0 Å². The van der Waals surface area contributed by atoms with Crippen LogP contribution in [0.2, 0.25) is 0 Å². The molecule has 3 rings (SSSR count). The normalized spacial score (nSPS) is 14.9. The number of ether oxygens (including phenoxy) is 1. The highest BCUT2D eigenvalue weighted by Gasteiger charge is 2.24. The Morgan fingerprint density at radius 2 is 1.71 bits per heavy atom. The highest BCUT2D eigenvalue weighted by Crippen LogP contribution is 2.32. The van der Waals surface area contributed by atoms with Crippen molar-refractivity contribution in [3.63, 3.8) is 0 Å². The summed E-state index contributed by atoms with van der Waals surface area (Å²) < 4.78 is 5.83. The number of amides is 4. The van der Waals surface area contributed by atoms with Gasteiger partial charge in [-0.15, -0.1) is 0 Å². The average Bonchev–Trinajstić information content (AvgIpc) is 3.19. The number of nitrogens with zero attached hydrogens (tertiary/aromatic N) is 1. The zero-order chi connectivity index (χ0) is 20.5. The Morgan fingerprint density at radius 3 is 2.32 bits per heavy atom. The number of para-hydroxylation sites is 1. The molecule has 1 atom stereocenters. The van der Waals surface area contributed by atoms with Gasteiger partial charge in [-0.05, 0) is 48.2 Å². The standard InChI is InChI=1S/C18H18N2O3.CH4N2O2/c19-18(21)20(22)15-10-9-14(11-15)13-5-4-8-17(12-13)23-16-6-2-1-3-7-16;2-1(4)3-5/h1-8,11-12,15,22H,9-10H2,(H2,19,21);5H,(H3,2,3,4). The van der Waals surface area contributed by atoms with E-state index in [9.17, 15) is 14.8 Å². The van der Waals surface area contributed by atoms with Gasteiger partial charge in [0.25, 0.3) is 0 Å². The molecule has 9 heteroatoms. The van der Waals surface area contributed by atoms with Gasteiger partial charge in [-0.2, -0.15) is 5.06 Å². The topological polar surface area (TPSA) is 151 Å². The molecule has 0 spiro atoms. The lowest BCUT2D eigenvalue weighted by Gasteiger charge is -2.17. The monoisotopic (exact) mass is 386 g/mol. The van der Waals surface area contributed by atoms with E-state index in [2.05, 4.69) is 5.73 Å². The second-order valence-electron chi connectivity index (χ2n) is 5.90. The number of urea groups is 2. The first-order chi connectivity index (χ1) is 13.4. The first kappa shape index (κ1) is 20.7. The molecule has 0 aromatic heterocycles. The predicted octanol–water partition coefficient (Wildman–Crippen LogP) is 2.84. The maximum absolute atomic E-state index is 11.0. The molecule has 0 saturated heterocycles. The minimum atomic E-state index is -0.940. The molecule has 0 bridgehead atoms. The van der Waals surface area contributed by atoms with Crippen molar-refractivity contribution < 1.29 is 24.7 Å². The fourth-order valence-electron chi connectivity index (χ4n) is 2.68. The number of hydroxylamine groups is 3. The van der Waals surface area contributed by atoms with E-state index in [1.807, 2.05) is 60.7 Å². The Hall–Kier alpha value is -3.56. The zero-order valence-corrected chi connectivity index (χ0v) is 15.0. The van der Waals surface area contributed by atoms with Crippen molar-refractivity contribution >= 4 is 17.6 Å². The SMILES string of the molecule is NC(=O)N(O)C1C=C(c2cccc(Oc3ccccc3)c2)CC1.NC(=O)NO. The predicted molar refractivity (Wildman–Crippen MR) is 102 cm³/mol. The van der Waals surface area contributed by atoms with Crippen LogP contribution in [0.5, 0.6) is 11.5 Å². The fraction of sp³-hybridized carbons (Fsp3) is 0.158. The van der Waals surface area contributed by atoms with Crippen LogP contribution in [0.3, 0.4) is 0 Å². The zero-order valence-electron chi connectivity index (χ0n) is 15.0. The fourth-order valence-corrected chi connectivity index (χ4v) is 2.68. The lowest BCUT2D eigenvalue weighted by atomic mass is 10.1. The van der Waals surface area contributed by atoms with Crippen LogP contribution in [0.4, 0.5) is 9.59 Å². The number of hydrogen-bond donors (Lipinski definition) is 5. The van der Waals surface area contributed by atoms with Crippen molar-refractivity contribution in [3.8, 4) is 11.5 Å². The molecule has 148 valence electrons. The summed E-state index contributed by atoms with van der Waals surface area (Å²) in [7, 11) is 0. The molecule has 0 fully saturated rings. The van der Waals surface area contributed by atoms with Gasteiger partial charge >= 0.3 is 12.1 Å². The summed E-state index contributed by atoms with van der Waals surface area (Å²) in [6.45, 7) is 0. The van der Waals surface area contributed by atoms with Gasteiger partial charge in [0.05, 0.1) is 6.04 Å². The molecular formula is C19H22N4O5. The van der Waals surface area contributed by atoms with Crippen LogP contribution in [-0.4, -0.2) is 33.6 Å². The summed E-state index contributed by atoms with van der Waals surface area (Å²) >= 11 is 0. The third-order valence-corrected chi connectivity index (χ3v) is 3.94. The lowest BCUT2D eigenvalue weighted by molar-refractivity contribution is -0.0608. The van der Waals surface area contributed by atoms with E-state index in [1.165, 1.54) is 5.48 Å². The van der Waals surface area contributed by atoms with E-state index in [-0.39, 0.29) is 6.04 Å². The van der Waals surface area contributed by atoms with Crippen LogP contribution >= 0.6 is 0 Å². The van der Waals surface area contributed by atoms with E-state index >= 15 is 0 Å². The van der Waals surface area contributed by atoms with Crippen LogP contribution in [0.1, 0.15) is 18.4 Å². The third-order valence-electron chi connectivity index (χ3n) is 3.94. The second kappa shape index (κ2) is 9.95. The van der Waals surface area contributed by atoms with E-state index in [0.29, 0.717) is 11.5 Å². The number of allylic oxidation sites excluding steroid dienone is 1. The number of carbonyl (C=O) groups is 2. The van der Waals surface area contributed by atoms with E-state index in [4.69, 9.17) is 15.7 Å². The van der Waals surface area contributed by atoms with Gasteiger partial charge in [-0.3, -0.25) is 10.4 Å². The third kappa shape index (κ3) is 6.01. The number of carbonyl (C=O) groups excluding carboxylic acids is 2. The van der Waals surface area contributed by atoms with Crippen LogP contribution in [0.25, 0.3) is 5.57 Å². The molecule has 0 heterocycles. The summed E-state index contributed by atoms with van der Waals surface area (Å²) in [4.78, 5) is 20.3. The van der Waals surface area contributed by atoms with Crippen molar-refractivity contribution in [3.05, 3.63) is 66.2 Å². The van der Waals surface area contributed by atoms with Crippen molar-refractivity contribution in [2.24, 2.45) is 11.5 Å². The van der Waals surface area contributed by atoms with Crippen molar-refractivity contribution in [2.75, 3.05) is 0 Å². The van der Waals surface area contributed by atoms with Gasteiger partial charge in [-0.1, -0.05) is 36.4 Å². The Bertz CT molecular complexity index is 841. The van der Waals surface area contributed by atoms with Crippen LogP contribution < -0.4 is 21.7 Å². The van der Waals surface area contributed by atoms with Gasteiger partial charge < -0.3 is 16.2 Å². The number of hydrogen-bond acceptors (Lipinski definition) is 5. The molecule has 9 nitrogen and oxygen atoms in total. The Labute approximate surface area is 161 Å². The van der Waals surface area contributed by atoms with Crippen molar-refractivity contribution in [1.82, 2.24) is 10.5 Å². The summed E-state index contributed by atoms with van der Waals surface area (Å²) in [6.07, 6.45) is 3.29. The second-order valence-corrected chi connectivity index (χ2v) is 5.90. The Balaban J connectivity index is 0.000000500. The summed E-state index contributed by atoms with van der Waals surface area (Å²) in [5, 5.41) is 17.6. The van der Waals surface area contributed by atoms with Crippen molar-refractivity contribution in [2.45, 2.75) is 18.9 Å². The Morgan fingerprint density at radius 1 is 1.07 bits per heavy atom. The minimum Gasteiger partial charge on any atom is -0.457 e. The van der Waals surface area contributed by atoms with E-state index in [0.717, 1.165) is 29.1 Å². The maximum atomic E-state index is 11.0. The highest BCUT2D eigenvalue weighted by atomic mass is 16.5. The van der Waals surface area contributed by atoms with Gasteiger partial charge in [0.2, 0.25) is 0 Å². The quantitative estimate of drug-likeness (QED) is 0.404. The molecule has 2 aromatic rings. The number of benzene rings is 2. The molecule has 0 aliphatic heterocycles. The smallest absolute Gasteiger partial charge is 0.339 e. The minimum absolute atomic E-state index is 0.374. The average molecular weight is 386 g/mol. The molecule has 4 amide bonds. The number of primary amides is 2. The molecule has 1 unspecified atom stereocenters. The molecule has 1 aliphatic rings.